The zero-order valence-electron chi connectivity index (χ0n) is 13.9. The average molecular weight is 346 g/mol. The second-order valence-corrected chi connectivity index (χ2v) is 6.24. The Hall–Kier alpha value is -2.33. The Morgan fingerprint density at radius 1 is 1.08 bits per heavy atom. The van der Waals surface area contributed by atoms with Crippen molar-refractivity contribution >= 4 is 29.2 Å². The van der Waals surface area contributed by atoms with Crippen molar-refractivity contribution in [1.29, 1.82) is 0 Å². The van der Waals surface area contributed by atoms with Crippen molar-refractivity contribution in [3.63, 3.8) is 0 Å². The van der Waals surface area contributed by atoms with E-state index in [0.29, 0.717) is 16.3 Å². The predicted molar refractivity (Wildman–Crippen MR) is 94.9 cm³/mol. The van der Waals surface area contributed by atoms with Gasteiger partial charge in [0.2, 0.25) is 6.10 Å². The molecule has 0 heterocycles. The minimum absolute atomic E-state index is 0.321. The van der Waals surface area contributed by atoms with Crippen molar-refractivity contribution in [2.75, 3.05) is 5.32 Å². The van der Waals surface area contributed by atoms with Gasteiger partial charge in [-0.2, -0.15) is 0 Å². The number of nitrogens with one attached hydrogen (secondary N) is 1. The number of amides is 1. The molecule has 4 nitrogen and oxygen atoms in total. The minimum atomic E-state index is -1.01. The Labute approximate surface area is 146 Å². The summed E-state index contributed by atoms with van der Waals surface area (Å²) < 4.78 is 5.40. The molecule has 0 unspecified atom stereocenters. The first-order chi connectivity index (χ1) is 11.4. The number of hydrogen-bond acceptors (Lipinski definition) is 3. The van der Waals surface area contributed by atoms with Gasteiger partial charge < -0.3 is 10.1 Å². The first-order valence-corrected chi connectivity index (χ1v) is 8.08. The highest BCUT2D eigenvalue weighted by Crippen LogP contribution is 2.24. The molecule has 0 aromatic heterocycles. The quantitative estimate of drug-likeness (QED) is 0.810. The summed E-state index contributed by atoms with van der Waals surface area (Å²) in [6.45, 7) is 5.33. The van der Waals surface area contributed by atoms with Gasteiger partial charge in [-0.25, -0.2) is 0 Å². The van der Waals surface area contributed by atoms with Crippen LogP contribution in [0.1, 0.15) is 31.1 Å². The van der Waals surface area contributed by atoms with E-state index in [4.69, 9.17) is 16.3 Å². The minimum Gasteiger partial charge on any atom is -0.447 e. The largest absolute Gasteiger partial charge is 0.447 e. The Bertz CT molecular complexity index is 729. The number of hydrogen-bond donors (Lipinski definition) is 1. The molecule has 0 aliphatic rings. The standard InChI is InChI=1S/C19H20ClNO3/c1-12(2)19(23)24-17(14-7-5-4-6-8-14)18(22)21-15-10-9-13(3)16(20)11-15/h4-12,17H,1-3H3,(H,21,22)/t17-/m1/s1. The van der Waals surface area contributed by atoms with Crippen LogP contribution < -0.4 is 5.32 Å². The van der Waals surface area contributed by atoms with E-state index in [1.165, 1.54) is 0 Å². The summed E-state index contributed by atoms with van der Waals surface area (Å²) in [4.78, 5) is 24.6. The van der Waals surface area contributed by atoms with E-state index in [1.54, 1.807) is 50.2 Å². The molecule has 5 heteroatoms. The third-order valence-electron chi connectivity index (χ3n) is 3.49. The van der Waals surface area contributed by atoms with Gasteiger partial charge in [-0.15, -0.1) is 0 Å². The molecule has 2 aromatic rings. The zero-order chi connectivity index (χ0) is 17.7. The van der Waals surface area contributed by atoms with Crippen molar-refractivity contribution in [3.05, 3.63) is 64.7 Å². The van der Waals surface area contributed by atoms with Crippen LogP contribution in [0.5, 0.6) is 0 Å². The van der Waals surface area contributed by atoms with Gasteiger partial charge in [-0.3, -0.25) is 9.59 Å². The fourth-order valence-corrected chi connectivity index (χ4v) is 2.21. The number of rotatable bonds is 5. The van der Waals surface area contributed by atoms with E-state index in [1.807, 2.05) is 19.1 Å². The van der Waals surface area contributed by atoms with E-state index in [0.717, 1.165) is 5.56 Å². The molecule has 0 spiro atoms. The Kier molecular flexibility index (Phi) is 5.99. The highest BCUT2D eigenvalue weighted by Gasteiger charge is 2.26. The fourth-order valence-electron chi connectivity index (χ4n) is 2.03. The van der Waals surface area contributed by atoms with Crippen molar-refractivity contribution in [1.82, 2.24) is 0 Å². The van der Waals surface area contributed by atoms with Gasteiger partial charge in [0.15, 0.2) is 0 Å². The third kappa shape index (κ3) is 4.59. The second kappa shape index (κ2) is 7.97. The molecule has 1 N–H and O–H groups in total. The van der Waals surface area contributed by atoms with Crippen LogP contribution in [0, 0.1) is 12.8 Å². The molecule has 1 amide bonds. The number of halogens is 1. The van der Waals surface area contributed by atoms with Crippen molar-refractivity contribution in [2.24, 2.45) is 5.92 Å². The van der Waals surface area contributed by atoms with Gasteiger partial charge in [-0.05, 0) is 24.6 Å². The number of ether oxygens (including phenoxy) is 1. The zero-order valence-corrected chi connectivity index (χ0v) is 14.6. The molecule has 24 heavy (non-hydrogen) atoms. The molecule has 0 radical (unpaired) electrons. The molecule has 0 saturated carbocycles. The first-order valence-electron chi connectivity index (χ1n) is 7.71. The summed E-state index contributed by atoms with van der Waals surface area (Å²) in [6.07, 6.45) is -1.01. The molecule has 0 fully saturated rings. The van der Waals surface area contributed by atoms with Crippen LogP contribution in [0.2, 0.25) is 5.02 Å². The summed E-state index contributed by atoms with van der Waals surface area (Å²) in [6, 6.07) is 14.2. The SMILES string of the molecule is Cc1ccc(NC(=O)[C@H](OC(=O)C(C)C)c2ccccc2)cc1Cl. The van der Waals surface area contributed by atoms with Crippen LogP contribution in [-0.2, 0) is 14.3 Å². The Morgan fingerprint density at radius 3 is 2.33 bits per heavy atom. The van der Waals surface area contributed by atoms with Crippen molar-refractivity contribution < 1.29 is 14.3 Å². The van der Waals surface area contributed by atoms with Crippen LogP contribution in [0.3, 0.4) is 0 Å². The fraction of sp³-hybridized carbons (Fsp3) is 0.263. The lowest BCUT2D eigenvalue weighted by molar-refractivity contribution is -0.157. The number of carbonyl (C=O) groups is 2. The lowest BCUT2D eigenvalue weighted by atomic mass is 10.1. The molecule has 0 aliphatic carbocycles. The maximum absolute atomic E-state index is 12.6. The number of anilines is 1. The highest BCUT2D eigenvalue weighted by molar-refractivity contribution is 6.31. The molecule has 0 bridgehead atoms. The van der Waals surface area contributed by atoms with E-state index in [2.05, 4.69) is 5.32 Å². The molecule has 2 aromatic carbocycles. The maximum Gasteiger partial charge on any atom is 0.309 e. The van der Waals surface area contributed by atoms with E-state index >= 15 is 0 Å². The summed E-state index contributed by atoms with van der Waals surface area (Å²) in [5.74, 6) is -1.17. The van der Waals surface area contributed by atoms with Crippen molar-refractivity contribution in [2.45, 2.75) is 26.9 Å². The van der Waals surface area contributed by atoms with Gasteiger partial charge in [0.05, 0.1) is 5.92 Å². The Balaban J connectivity index is 2.23. The maximum atomic E-state index is 12.6. The lowest BCUT2D eigenvalue weighted by Crippen LogP contribution is -2.27. The molecule has 0 aliphatic heterocycles. The normalized spacial score (nSPS) is 11.9. The number of aryl methyl sites for hydroxylation is 1. The third-order valence-corrected chi connectivity index (χ3v) is 3.89. The van der Waals surface area contributed by atoms with Crippen LogP contribution in [0.4, 0.5) is 5.69 Å². The Morgan fingerprint density at radius 2 is 1.75 bits per heavy atom. The summed E-state index contributed by atoms with van der Waals surface area (Å²) in [5.41, 5.74) is 2.08. The highest BCUT2D eigenvalue weighted by atomic mass is 35.5. The monoisotopic (exact) mass is 345 g/mol. The summed E-state index contributed by atoms with van der Waals surface area (Å²) in [5, 5.41) is 3.31. The molecule has 0 saturated heterocycles. The molecule has 2 rings (SSSR count). The van der Waals surface area contributed by atoms with E-state index in [-0.39, 0.29) is 5.92 Å². The van der Waals surface area contributed by atoms with Crippen molar-refractivity contribution in [3.8, 4) is 0 Å². The van der Waals surface area contributed by atoms with Gasteiger partial charge in [0.25, 0.3) is 5.91 Å². The van der Waals surface area contributed by atoms with Crippen LogP contribution in [0.25, 0.3) is 0 Å². The number of esters is 1. The number of benzene rings is 2. The van der Waals surface area contributed by atoms with Crippen LogP contribution in [0.15, 0.2) is 48.5 Å². The second-order valence-electron chi connectivity index (χ2n) is 5.84. The van der Waals surface area contributed by atoms with Crippen LogP contribution in [-0.4, -0.2) is 11.9 Å². The summed E-state index contributed by atoms with van der Waals surface area (Å²) >= 11 is 6.08. The van der Waals surface area contributed by atoms with E-state index in [9.17, 15) is 9.59 Å². The van der Waals surface area contributed by atoms with E-state index < -0.39 is 18.0 Å². The topological polar surface area (TPSA) is 55.4 Å². The smallest absolute Gasteiger partial charge is 0.309 e. The average Bonchev–Trinajstić information content (AvgIpc) is 2.56. The summed E-state index contributed by atoms with van der Waals surface area (Å²) in [7, 11) is 0. The molecular formula is C19H20ClNO3. The molecule has 126 valence electrons. The number of carbonyl (C=O) groups excluding carboxylic acids is 2. The first kappa shape index (κ1) is 18.0. The van der Waals surface area contributed by atoms with Gasteiger partial charge in [0, 0.05) is 16.3 Å². The predicted octanol–water partition coefficient (Wildman–Crippen LogP) is 4.53. The molecule has 1 atom stereocenters. The molecular weight excluding hydrogens is 326 g/mol. The van der Waals surface area contributed by atoms with Gasteiger partial charge >= 0.3 is 5.97 Å². The lowest BCUT2D eigenvalue weighted by Gasteiger charge is -2.19. The van der Waals surface area contributed by atoms with Gasteiger partial charge in [0.1, 0.15) is 0 Å². The van der Waals surface area contributed by atoms with Crippen LogP contribution >= 0.6 is 11.6 Å². The van der Waals surface area contributed by atoms with Gasteiger partial charge in [-0.1, -0.05) is 61.8 Å².